The van der Waals surface area contributed by atoms with Crippen molar-refractivity contribution in [2.24, 2.45) is 5.92 Å². The lowest BCUT2D eigenvalue weighted by Crippen LogP contribution is -2.03. The third-order valence-corrected chi connectivity index (χ3v) is 2.62. The Bertz CT molecular complexity index is 321. The number of carbonyl (C=O) groups is 1. The Kier molecular flexibility index (Phi) is 3.25. The fourth-order valence-electron chi connectivity index (χ4n) is 0.898. The van der Waals surface area contributed by atoms with Crippen LogP contribution >= 0.6 is 11.3 Å². The summed E-state index contributed by atoms with van der Waals surface area (Å²) in [5.41, 5.74) is 0. The van der Waals surface area contributed by atoms with E-state index < -0.39 is 11.2 Å². The number of hydrogen-bond acceptors (Lipinski definition) is 3. The predicted molar refractivity (Wildman–Crippen MR) is 46.0 cm³/mol. The van der Waals surface area contributed by atoms with E-state index in [1.165, 1.54) is 6.20 Å². The lowest BCUT2D eigenvalue weighted by Gasteiger charge is -2.00. The van der Waals surface area contributed by atoms with Crippen molar-refractivity contribution in [1.29, 1.82) is 0 Å². The molecule has 0 aromatic carbocycles. The average molecular weight is 223 g/mol. The third-order valence-electron chi connectivity index (χ3n) is 1.55. The summed E-state index contributed by atoms with van der Waals surface area (Å²) in [6, 6.07) is 0. The maximum atomic E-state index is 12.1. The summed E-state index contributed by atoms with van der Waals surface area (Å²) < 4.78 is 36.3. The van der Waals surface area contributed by atoms with Crippen LogP contribution in [0, 0.1) is 5.92 Å². The lowest BCUT2D eigenvalue weighted by atomic mass is 10.1. The van der Waals surface area contributed by atoms with Crippen molar-refractivity contribution in [3.8, 4) is 0 Å². The highest BCUT2D eigenvalue weighted by molar-refractivity contribution is 7.11. The molecule has 0 saturated carbocycles. The SMILES string of the molecule is CC(C=O)Cc1cnc(C(F)(F)F)s1. The van der Waals surface area contributed by atoms with E-state index in [1.54, 1.807) is 6.92 Å². The largest absolute Gasteiger partial charge is 0.443 e. The van der Waals surface area contributed by atoms with Gasteiger partial charge in [0.1, 0.15) is 6.29 Å². The molecule has 0 spiro atoms. The van der Waals surface area contributed by atoms with Crippen LogP contribution in [0.15, 0.2) is 6.20 Å². The van der Waals surface area contributed by atoms with E-state index in [2.05, 4.69) is 4.98 Å². The van der Waals surface area contributed by atoms with Gasteiger partial charge in [0.15, 0.2) is 5.01 Å². The molecular formula is C8H8F3NOS. The fraction of sp³-hybridized carbons (Fsp3) is 0.500. The standard InChI is InChI=1S/C8H8F3NOS/c1-5(4-13)2-6-3-12-7(14-6)8(9,10)11/h3-5H,2H2,1H3. The van der Waals surface area contributed by atoms with Crippen molar-refractivity contribution >= 4 is 17.6 Å². The second-order valence-corrected chi connectivity index (χ2v) is 4.06. The van der Waals surface area contributed by atoms with E-state index in [0.29, 0.717) is 28.9 Å². The van der Waals surface area contributed by atoms with Crippen molar-refractivity contribution in [3.63, 3.8) is 0 Å². The number of rotatable bonds is 3. The van der Waals surface area contributed by atoms with E-state index in [0.717, 1.165) is 0 Å². The Morgan fingerprint density at radius 1 is 1.64 bits per heavy atom. The summed E-state index contributed by atoms with van der Waals surface area (Å²) in [5, 5.41) is -0.856. The molecule has 2 nitrogen and oxygen atoms in total. The molecule has 0 saturated heterocycles. The van der Waals surface area contributed by atoms with Crippen molar-refractivity contribution in [2.75, 3.05) is 0 Å². The molecule has 0 fully saturated rings. The number of hydrogen-bond donors (Lipinski definition) is 0. The zero-order valence-corrected chi connectivity index (χ0v) is 8.15. The number of aldehydes is 1. The summed E-state index contributed by atoms with van der Waals surface area (Å²) in [4.78, 5) is 14.0. The van der Waals surface area contributed by atoms with Crippen LogP contribution < -0.4 is 0 Å². The summed E-state index contributed by atoms with van der Waals surface area (Å²) >= 11 is 0.589. The third kappa shape index (κ3) is 2.80. The normalized spacial score (nSPS) is 14.0. The van der Waals surface area contributed by atoms with Gasteiger partial charge in [0.05, 0.1) is 0 Å². The second kappa shape index (κ2) is 4.08. The summed E-state index contributed by atoms with van der Waals surface area (Å²) in [6.45, 7) is 1.65. The number of halogens is 3. The van der Waals surface area contributed by atoms with E-state index in [4.69, 9.17) is 0 Å². The summed E-state index contributed by atoms with van der Waals surface area (Å²) in [6.07, 6.45) is -2.18. The van der Waals surface area contributed by atoms with Crippen LogP contribution in [0.1, 0.15) is 16.8 Å². The molecule has 1 heterocycles. The van der Waals surface area contributed by atoms with Gasteiger partial charge in [-0.05, 0) is 6.42 Å². The molecule has 1 aromatic heterocycles. The smallest absolute Gasteiger partial charge is 0.303 e. The van der Waals surface area contributed by atoms with Crippen LogP contribution in [-0.2, 0) is 17.4 Å². The molecule has 1 aromatic rings. The number of aromatic nitrogens is 1. The van der Waals surface area contributed by atoms with E-state index >= 15 is 0 Å². The van der Waals surface area contributed by atoms with Crippen LogP contribution in [0.3, 0.4) is 0 Å². The summed E-state index contributed by atoms with van der Waals surface area (Å²) in [7, 11) is 0. The number of nitrogens with zero attached hydrogens (tertiary/aromatic N) is 1. The minimum atomic E-state index is -4.38. The van der Waals surface area contributed by atoms with Crippen molar-refractivity contribution in [2.45, 2.75) is 19.5 Å². The molecular weight excluding hydrogens is 215 g/mol. The van der Waals surface area contributed by atoms with Crippen LogP contribution in [0.5, 0.6) is 0 Å². The molecule has 0 bridgehead atoms. The van der Waals surface area contributed by atoms with Gasteiger partial charge in [-0.2, -0.15) is 13.2 Å². The molecule has 14 heavy (non-hydrogen) atoms. The second-order valence-electron chi connectivity index (χ2n) is 2.95. The van der Waals surface area contributed by atoms with Gasteiger partial charge in [-0.3, -0.25) is 0 Å². The van der Waals surface area contributed by atoms with Gasteiger partial charge in [0.2, 0.25) is 0 Å². The Balaban J connectivity index is 2.73. The highest BCUT2D eigenvalue weighted by Gasteiger charge is 2.34. The first-order chi connectivity index (χ1) is 6.43. The first-order valence-corrected chi connectivity index (χ1v) is 4.72. The van der Waals surface area contributed by atoms with Crippen LogP contribution in [0.25, 0.3) is 0 Å². The molecule has 78 valence electrons. The van der Waals surface area contributed by atoms with Gasteiger partial charge < -0.3 is 4.79 Å². The molecule has 6 heteroatoms. The van der Waals surface area contributed by atoms with Gasteiger partial charge in [-0.15, -0.1) is 11.3 Å². The predicted octanol–water partition coefficient (Wildman–Crippen LogP) is 2.54. The zero-order chi connectivity index (χ0) is 10.8. The van der Waals surface area contributed by atoms with Crippen molar-refractivity contribution in [3.05, 3.63) is 16.1 Å². The molecule has 0 amide bonds. The summed E-state index contributed by atoms with van der Waals surface area (Å²) in [5.74, 6) is -0.267. The molecule has 1 atom stereocenters. The minimum absolute atomic E-state index is 0.267. The van der Waals surface area contributed by atoms with E-state index in [-0.39, 0.29) is 5.92 Å². The topological polar surface area (TPSA) is 30.0 Å². The van der Waals surface area contributed by atoms with E-state index in [1.807, 2.05) is 0 Å². The quantitative estimate of drug-likeness (QED) is 0.737. The molecule has 1 unspecified atom stereocenters. The highest BCUT2D eigenvalue weighted by atomic mass is 32.1. The van der Waals surface area contributed by atoms with Gasteiger partial charge in [0.25, 0.3) is 0 Å². The molecule has 0 aliphatic rings. The van der Waals surface area contributed by atoms with Crippen molar-refractivity contribution in [1.82, 2.24) is 4.98 Å². The Morgan fingerprint density at radius 3 is 2.71 bits per heavy atom. The first-order valence-electron chi connectivity index (χ1n) is 3.90. The van der Waals surface area contributed by atoms with E-state index in [9.17, 15) is 18.0 Å². The number of thiazole rings is 1. The molecule has 0 aliphatic heterocycles. The first kappa shape index (κ1) is 11.2. The van der Waals surface area contributed by atoms with Crippen LogP contribution in [0.2, 0.25) is 0 Å². The molecule has 0 radical (unpaired) electrons. The molecule has 0 N–H and O–H groups in total. The Hall–Kier alpha value is -0.910. The van der Waals surface area contributed by atoms with Gasteiger partial charge in [-0.1, -0.05) is 6.92 Å². The Labute approximate surface area is 82.8 Å². The number of alkyl halides is 3. The Morgan fingerprint density at radius 2 is 2.29 bits per heavy atom. The average Bonchev–Trinajstić information content (AvgIpc) is 2.51. The van der Waals surface area contributed by atoms with Gasteiger partial charge in [-0.25, -0.2) is 4.98 Å². The number of carbonyl (C=O) groups excluding carboxylic acids is 1. The van der Waals surface area contributed by atoms with Gasteiger partial charge in [0, 0.05) is 17.0 Å². The van der Waals surface area contributed by atoms with Crippen LogP contribution in [-0.4, -0.2) is 11.3 Å². The zero-order valence-electron chi connectivity index (χ0n) is 7.34. The fourth-order valence-corrected chi connectivity index (χ4v) is 1.82. The lowest BCUT2D eigenvalue weighted by molar-refractivity contribution is -0.137. The highest BCUT2D eigenvalue weighted by Crippen LogP contribution is 2.32. The monoisotopic (exact) mass is 223 g/mol. The van der Waals surface area contributed by atoms with Gasteiger partial charge >= 0.3 is 6.18 Å². The molecule has 0 aliphatic carbocycles. The van der Waals surface area contributed by atoms with Crippen molar-refractivity contribution < 1.29 is 18.0 Å². The van der Waals surface area contributed by atoms with Crippen LogP contribution in [0.4, 0.5) is 13.2 Å². The maximum Gasteiger partial charge on any atom is 0.443 e. The minimum Gasteiger partial charge on any atom is -0.303 e. The maximum absolute atomic E-state index is 12.1. The molecule has 1 rings (SSSR count).